The highest BCUT2D eigenvalue weighted by molar-refractivity contribution is 6.30. The number of para-hydroxylation sites is 1. The normalized spacial score (nSPS) is 19.1. The maximum Gasteiger partial charge on any atom is 0.128 e. The lowest BCUT2D eigenvalue weighted by atomic mass is 10.0. The number of hydrogen-bond acceptors (Lipinski definition) is 5. The van der Waals surface area contributed by atoms with Crippen LogP contribution < -0.4 is 0 Å². The van der Waals surface area contributed by atoms with Crippen LogP contribution >= 0.6 is 11.6 Å². The molecule has 1 fully saturated rings. The minimum atomic E-state index is -0.294. The Morgan fingerprint density at radius 3 is 2.68 bits per heavy atom. The van der Waals surface area contributed by atoms with Crippen molar-refractivity contribution in [3.8, 4) is 0 Å². The maximum atomic E-state index is 14.7. The maximum absolute atomic E-state index is 14.7. The number of aromatic nitrogens is 4. The molecule has 3 aromatic carbocycles. The Kier molecular flexibility index (Phi) is 7.03. The number of hydrogen-bond donors (Lipinski definition) is 1. The highest BCUT2D eigenvalue weighted by Gasteiger charge is 2.32. The lowest BCUT2D eigenvalue weighted by Gasteiger charge is -2.35. The van der Waals surface area contributed by atoms with Crippen LogP contribution in [0.2, 0.25) is 5.02 Å². The van der Waals surface area contributed by atoms with Crippen molar-refractivity contribution < 1.29 is 14.2 Å². The van der Waals surface area contributed by atoms with Gasteiger partial charge in [0.2, 0.25) is 0 Å². The summed E-state index contributed by atoms with van der Waals surface area (Å²) in [5, 5.41) is 10.1. The van der Waals surface area contributed by atoms with E-state index in [-0.39, 0.29) is 24.6 Å². The molecule has 41 heavy (non-hydrogen) atoms. The molecular weight excluding hydrogens is 541 g/mol. The van der Waals surface area contributed by atoms with Crippen LogP contribution in [-0.4, -0.2) is 48.4 Å². The summed E-state index contributed by atoms with van der Waals surface area (Å²) >= 11 is 5.99. The standard InChI is InChI=1S/C32H33ClFN5O2/c1-2-27-32-36-31-22(15-21-7-8-23(33)16-25(21)34)4-3-5-28(31)38(32)12-11-37(27)18-30-35-26-9-6-20(19-40)14-29(26)39(30)17-24-10-13-41-24/h3-9,14,16,24,27,40H,2,10-13,15,17-19H2,1H3/t24-,27?/m0/s1. The van der Waals surface area contributed by atoms with Gasteiger partial charge in [0.25, 0.3) is 0 Å². The lowest BCUT2D eigenvalue weighted by molar-refractivity contribution is -0.0593. The van der Waals surface area contributed by atoms with Crippen molar-refractivity contribution in [2.24, 2.45) is 0 Å². The summed E-state index contributed by atoms with van der Waals surface area (Å²) in [6.07, 6.45) is 2.61. The predicted molar refractivity (Wildman–Crippen MR) is 157 cm³/mol. The Bertz CT molecular complexity index is 1740. The molecular formula is C32H33ClFN5O2. The zero-order chi connectivity index (χ0) is 28.1. The molecule has 1 N–H and O–H groups in total. The van der Waals surface area contributed by atoms with Crippen molar-refractivity contribution in [2.45, 2.75) is 64.6 Å². The lowest BCUT2D eigenvalue weighted by Crippen LogP contribution is -2.39. The molecule has 0 spiro atoms. The number of aliphatic hydroxyl groups excluding tert-OH is 1. The third-order valence-corrected chi connectivity index (χ3v) is 8.86. The van der Waals surface area contributed by atoms with Crippen molar-refractivity contribution in [2.75, 3.05) is 13.2 Å². The number of aliphatic hydroxyl groups is 1. The van der Waals surface area contributed by atoms with Gasteiger partial charge in [-0.3, -0.25) is 4.90 Å². The van der Waals surface area contributed by atoms with Crippen LogP contribution in [0.5, 0.6) is 0 Å². The summed E-state index contributed by atoms with van der Waals surface area (Å²) < 4.78 is 25.1. The van der Waals surface area contributed by atoms with E-state index in [0.717, 1.165) is 83.9 Å². The molecule has 9 heteroatoms. The summed E-state index contributed by atoms with van der Waals surface area (Å²) in [7, 11) is 0. The van der Waals surface area contributed by atoms with Gasteiger partial charge in [0.1, 0.15) is 17.5 Å². The van der Waals surface area contributed by atoms with E-state index in [1.54, 1.807) is 12.1 Å². The van der Waals surface area contributed by atoms with Crippen LogP contribution in [-0.2, 0) is 37.4 Å². The number of nitrogens with zero attached hydrogens (tertiary/aromatic N) is 5. The molecule has 4 heterocycles. The van der Waals surface area contributed by atoms with Gasteiger partial charge in [-0.05, 0) is 59.9 Å². The van der Waals surface area contributed by atoms with E-state index in [9.17, 15) is 9.50 Å². The van der Waals surface area contributed by atoms with Crippen LogP contribution in [0.1, 0.15) is 54.1 Å². The molecule has 1 unspecified atom stereocenters. The number of ether oxygens (including phenoxy) is 1. The van der Waals surface area contributed by atoms with Gasteiger partial charge >= 0.3 is 0 Å². The molecule has 5 aromatic rings. The van der Waals surface area contributed by atoms with Crippen LogP contribution in [0.25, 0.3) is 22.1 Å². The molecule has 0 amide bonds. The highest BCUT2D eigenvalue weighted by Crippen LogP contribution is 2.35. The zero-order valence-corrected chi connectivity index (χ0v) is 23.8. The van der Waals surface area contributed by atoms with Gasteiger partial charge < -0.3 is 19.0 Å². The Morgan fingerprint density at radius 2 is 1.93 bits per heavy atom. The second-order valence-electron chi connectivity index (χ2n) is 11.1. The average Bonchev–Trinajstić information content (AvgIpc) is 3.50. The van der Waals surface area contributed by atoms with Gasteiger partial charge in [-0.25, -0.2) is 14.4 Å². The molecule has 0 aliphatic carbocycles. The monoisotopic (exact) mass is 573 g/mol. The Morgan fingerprint density at radius 1 is 1.05 bits per heavy atom. The van der Waals surface area contributed by atoms with E-state index in [4.69, 9.17) is 26.3 Å². The van der Waals surface area contributed by atoms with Crippen molar-refractivity contribution in [1.82, 2.24) is 24.0 Å². The molecule has 1 saturated heterocycles. The van der Waals surface area contributed by atoms with Crippen LogP contribution in [0.4, 0.5) is 4.39 Å². The van der Waals surface area contributed by atoms with Gasteiger partial charge in [-0.2, -0.15) is 0 Å². The fourth-order valence-electron chi connectivity index (χ4n) is 6.36. The summed E-state index contributed by atoms with van der Waals surface area (Å²) in [5.41, 5.74) is 6.51. The minimum Gasteiger partial charge on any atom is -0.392 e. The third-order valence-electron chi connectivity index (χ3n) is 8.62. The predicted octanol–water partition coefficient (Wildman–Crippen LogP) is 6.02. The van der Waals surface area contributed by atoms with Crippen LogP contribution in [0.3, 0.4) is 0 Å². The first kappa shape index (κ1) is 26.6. The molecule has 2 aliphatic heterocycles. The number of imidazole rings is 2. The minimum absolute atomic E-state index is 0.00326. The van der Waals surface area contributed by atoms with Crippen molar-refractivity contribution in [3.63, 3.8) is 0 Å². The third kappa shape index (κ3) is 4.83. The first-order valence-electron chi connectivity index (χ1n) is 14.4. The quantitative estimate of drug-likeness (QED) is 0.246. The zero-order valence-electron chi connectivity index (χ0n) is 23.1. The Balaban J connectivity index is 1.22. The fourth-order valence-corrected chi connectivity index (χ4v) is 6.52. The number of halogens is 2. The number of rotatable bonds is 8. The summed E-state index contributed by atoms with van der Waals surface area (Å²) in [5.74, 6) is 1.76. The first-order valence-corrected chi connectivity index (χ1v) is 14.8. The van der Waals surface area contributed by atoms with Gasteiger partial charge in [0.05, 0.1) is 53.9 Å². The Labute approximate surface area is 243 Å². The van der Waals surface area contributed by atoms with E-state index in [1.165, 1.54) is 6.07 Å². The highest BCUT2D eigenvalue weighted by atomic mass is 35.5. The molecule has 7 rings (SSSR count). The molecule has 0 saturated carbocycles. The van der Waals surface area contributed by atoms with Crippen molar-refractivity contribution in [3.05, 3.63) is 93.8 Å². The molecule has 212 valence electrons. The van der Waals surface area contributed by atoms with Gasteiger partial charge in [-0.15, -0.1) is 0 Å². The molecule has 2 aromatic heterocycles. The van der Waals surface area contributed by atoms with Gasteiger partial charge in [-0.1, -0.05) is 42.8 Å². The molecule has 2 aliphatic rings. The first-order chi connectivity index (χ1) is 20.0. The molecule has 2 atom stereocenters. The van der Waals surface area contributed by atoms with Gasteiger partial charge in [0.15, 0.2) is 0 Å². The van der Waals surface area contributed by atoms with E-state index < -0.39 is 0 Å². The van der Waals surface area contributed by atoms with E-state index >= 15 is 0 Å². The van der Waals surface area contributed by atoms with E-state index in [0.29, 0.717) is 23.6 Å². The summed E-state index contributed by atoms with van der Waals surface area (Å²) in [6, 6.07) is 17.2. The molecule has 0 radical (unpaired) electrons. The van der Waals surface area contributed by atoms with Crippen molar-refractivity contribution in [1.29, 1.82) is 0 Å². The van der Waals surface area contributed by atoms with E-state index in [1.807, 2.05) is 30.3 Å². The second kappa shape index (κ2) is 10.8. The van der Waals surface area contributed by atoms with Gasteiger partial charge in [0, 0.05) is 31.1 Å². The summed E-state index contributed by atoms with van der Waals surface area (Å²) in [4.78, 5) is 12.7. The van der Waals surface area contributed by atoms with E-state index in [2.05, 4.69) is 27.0 Å². The van der Waals surface area contributed by atoms with Crippen LogP contribution in [0.15, 0.2) is 54.6 Å². The number of fused-ring (bicyclic) bond motifs is 4. The largest absolute Gasteiger partial charge is 0.392 e. The number of benzene rings is 3. The van der Waals surface area contributed by atoms with Crippen molar-refractivity contribution >= 4 is 33.7 Å². The molecule has 0 bridgehead atoms. The fraction of sp³-hybridized carbons (Fsp3) is 0.375. The topological polar surface area (TPSA) is 68.3 Å². The smallest absolute Gasteiger partial charge is 0.128 e. The molecule has 7 nitrogen and oxygen atoms in total. The summed E-state index contributed by atoms with van der Waals surface area (Å²) in [6.45, 7) is 6.16. The second-order valence-corrected chi connectivity index (χ2v) is 11.6. The Hall–Kier alpha value is -3.30. The average molecular weight is 574 g/mol. The SMILES string of the molecule is CCC1c2nc3c(Cc4ccc(Cl)cc4F)cccc3n2CCN1Cc1nc2ccc(CO)cc2n1C[C@@H]1CCO1. The van der Waals surface area contributed by atoms with Crippen LogP contribution in [0, 0.1) is 5.82 Å².